The van der Waals surface area contributed by atoms with E-state index < -0.39 is 0 Å². The van der Waals surface area contributed by atoms with Crippen molar-refractivity contribution >= 4 is 0 Å². The van der Waals surface area contributed by atoms with Crippen molar-refractivity contribution in [2.45, 2.75) is 0 Å². The molecule has 0 spiro atoms. The quantitative estimate of drug-likeness (QED) is 0.394. The molecule has 0 saturated carbocycles. The molecule has 0 aromatic carbocycles. The van der Waals surface area contributed by atoms with Gasteiger partial charge in [-0.15, -0.1) is 0 Å². The summed E-state index contributed by atoms with van der Waals surface area (Å²) in [6.07, 6.45) is 0. The second kappa shape index (κ2) is 17.9. The van der Waals surface area contributed by atoms with Crippen LogP contribution in [0.1, 0.15) is 1.43 Å². The predicted molar refractivity (Wildman–Crippen MR) is 1.80 cm³/mol. The first-order valence-electron chi connectivity index (χ1n) is 0.204. The first-order valence-corrected chi connectivity index (χ1v) is 0.842. The summed E-state index contributed by atoms with van der Waals surface area (Å²) < 4.78 is 8.25. The maximum atomic E-state index is 8.25. The van der Waals surface area contributed by atoms with E-state index in [-0.39, 0.29) is 61.1 Å². The van der Waals surface area contributed by atoms with Crippen molar-refractivity contribution < 1.29 is 84.9 Å². The molecule has 0 atom stereocenters. The van der Waals surface area contributed by atoms with E-state index in [4.69, 9.17) is 3.32 Å². The molecule has 0 radical (unpaired) electrons. The van der Waals surface area contributed by atoms with Gasteiger partial charge in [-0.3, -0.25) is 0 Å². The summed E-state index contributed by atoms with van der Waals surface area (Å²) >= 11 is 0.750. The van der Waals surface area contributed by atoms with Crippen LogP contribution in [0.3, 0.4) is 0 Å². The Morgan fingerprint density at radius 3 is 1.50 bits per heavy atom. The Morgan fingerprint density at radius 2 is 1.50 bits per heavy atom. The molecular weight excluding hydrogens is 215 g/mol. The van der Waals surface area contributed by atoms with Gasteiger partial charge in [0.2, 0.25) is 0 Å². The Labute approximate surface area is 83.2 Å². The molecule has 0 aromatic rings. The van der Waals surface area contributed by atoms with E-state index in [0.717, 1.165) is 20.4 Å². The van der Waals surface area contributed by atoms with Gasteiger partial charge in [-0.2, -0.15) is 0 Å². The average molecular weight is 216 g/mol. The van der Waals surface area contributed by atoms with Crippen LogP contribution < -0.4 is 18.9 Å². The SMILES string of the molecule is [H-].[Li+].[Nd].[O]=[Ti]. The van der Waals surface area contributed by atoms with Crippen LogP contribution in [0, 0.1) is 40.8 Å². The first-order chi connectivity index (χ1) is 1.00. The third-order valence-corrected chi connectivity index (χ3v) is 0. The van der Waals surface area contributed by atoms with Crippen molar-refractivity contribution in [3.05, 3.63) is 0 Å². The molecule has 4 heavy (non-hydrogen) atoms. The molecule has 0 bridgehead atoms. The zero-order valence-corrected chi connectivity index (χ0v) is 7.18. The third kappa shape index (κ3) is 8.82. The van der Waals surface area contributed by atoms with E-state index >= 15 is 0 Å². The van der Waals surface area contributed by atoms with Gasteiger partial charge in [0.05, 0.1) is 0 Å². The average Bonchev–Trinajstić information content (AvgIpc) is 1.00. The summed E-state index contributed by atoms with van der Waals surface area (Å²) in [6, 6.07) is 0. The van der Waals surface area contributed by atoms with E-state index in [2.05, 4.69) is 0 Å². The van der Waals surface area contributed by atoms with Crippen LogP contribution in [0.25, 0.3) is 0 Å². The van der Waals surface area contributed by atoms with Crippen molar-refractivity contribution in [1.82, 2.24) is 0 Å². The van der Waals surface area contributed by atoms with Gasteiger partial charge >= 0.3 is 42.6 Å². The van der Waals surface area contributed by atoms with Crippen LogP contribution in [0.4, 0.5) is 0 Å². The summed E-state index contributed by atoms with van der Waals surface area (Å²) in [4.78, 5) is 0. The fourth-order valence-corrected chi connectivity index (χ4v) is 0. The molecule has 0 heterocycles. The van der Waals surface area contributed by atoms with Crippen LogP contribution in [0.2, 0.25) is 0 Å². The van der Waals surface area contributed by atoms with Crippen molar-refractivity contribution in [2.24, 2.45) is 0 Å². The normalized spacial score (nSPS) is 0.750. The van der Waals surface area contributed by atoms with Gasteiger partial charge in [-0.05, 0) is 0 Å². The second-order valence-electron chi connectivity index (χ2n) is 0. The predicted octanol–water partition coefficient (Wildman–Crippen LogP) is -3.00. The van der Waals surface area contributed by atoms with E-state index in [0.29, 0.717) is 0 Å². The topological polar surface area (TPSA) is 17.1 Å². The summed E-state index contributed by atoms with van der Waals surface area (Å²) in [5, 5.41) is 0. The molecule has 0 amide bonds. The van der Waals surface area contributed by atoms with Gasteiger partial charge < -0.3 is 1.43 Å². The summed E-state index contributed by atoms with van der Waals surface area (Å²) in [7, 11) is 0. The minimum absolute atomic E-state index is 0. The Balaban J connectivity index is -0.00000000167. The van der Waals surface area contributed by atoms with E-state index in [9.17, 15) is 0 Å². The van der Waals surface area contributed by atoms with E-state index in [1.165, 1.54) is 0 Å². The van der Waals surface area contributed by atoms with Gasteiger partial charge in [-0.25, -0.2) is 0 Å². The summed E-state index contributed by atoms with van der Waals surface area (Å²) in [5.41, 5.74) is 0. The molecule has 0 rings (SSSR count). The van der Waals surface area contributed by atoms with Crippen molar-refractivity contribution in [1.29, 1.82) is 0 Å². The van der Waals surface area contributed by atoms with Crippen LogP contribution >= 0.6 is 0 Å². The van der Waals surface area contributed by atoms with Crippen LogP contribution in [-0.4, -0.2) is 0 Å². The minimum atomic E-state index is 0. The van der Waals surface area contributed by atoms with Crippen LogP contribution in [-0.2, 0) is 23.7 Å². The first kappa shape index (κ1) is 16.1. The van der Waals surface area contributed by atoms with Gasteiger partial charge in [0.25, 0.3) is 0 Å². The van der Waals surface area contributed by atoms with Crippen molar-refractivity contribution in [2.75, 3.05) is 0 Å². The fourth-order valence-electron chi connectivity index (χ4n) is 0. The molecule has 0 fully saturated rings. The molecule has 0 aliphatic rings. The number of rotatable bonds is 0. The van der Waals surface area contributed by atoms with Crippen molar-refractivity contribution in [3.63, 3.8) is 0 Å². The fraction of sp³-hybridized carbons (Fsp3) is 0. The van der Waals surface area contributed by atoms with Gasteiger partial charge in [-0.1, -0.05) is 0 Å². The second-order valence-corrected chi connectivity index (χ2v) is 0. The maximum absolute atomic E-state index is 8.25. The molecule has 16 valence electrons. The Bertz CT molecular complexity index is 11.6. The molecular formula is HLiNdOTi. The third-order valence-electron chi connectivity index (χ3n) is 0. The number of hydrogen-bond acceptors (Lipinski definition) is 1. The Kier molecular flexibility index (Phi) is 72.1. The molecule has 0 aliphatic carbocycles. The summed E-state index contributed by atoms with van der Waals surface area (Å²) in [5.74, 6) is 0. The van der Waals surface area contributed by atoms with Crippen LogP contribution in [0.15, 0.2) is 0 Å². The molecule has 0 aliphatic heterocycles. The van der Waals surface area contributed by atoms with E-state index in [1.807, 2.05) is 0 Å². The standard InChI is InChI=1S/Li.Nd.O.Ti.H/q+1;;;;-1. The van der Waals surface area contributed by atoms with Gasteiger partial charge in [0, 0.05) is 40.8 Å². The Hall–Kier alpha value is 2.46. The van der Waals surface area contributed by atoms with Crippen LogP contribution in [0.5, 0.6) is 0 Å². The molecule has 0 saturated heterocycles. The van der Waals surface area contributed by atoms with Gasteiger partial charge in [0.1, 0.15) is 0 Å². The molecule has 1 nitrogen and oxygen atoms in total. The molecule has 0 aromatic heterocycles. The summed E-state index contributed by atoms with van der Waals surface area (Å²) in [6.45, 7) is 0. The monoisotopic (exact) mass is 214 g/mol. The zero-order valence-electron chi connectivity index (χ0n) is 3.41. The van der Waals surface area contributed by atoms with E-state index in [1.54, 1.807) is 0 Å². The molecule has 0 N–H and O–H groups in total. The molecule has 0 unspecified atom stereocenters. The van der Waals surface area contributed by atoms with Gasteiger partial charge in [0.15, 0.2) is 0 Å². The number of hydrogen-bond donors (Lipinski definition) is 0. The Morgan fingerprint density at radius 1 is 1.50 bits per heavy atom. The molecule has 4 heteroatoms. The van der Waals surface area contributed by atoms with Crippen molar-refractivity contribution in [3.8, 4) is 0 Å². The zero-order chi connectivity index (χ0) is 2.00.